The summed E-state index contributed by atoms with van der Waals surface area (Å²) in [6.07, 6.45) is -0.617. The van der Waals surface area contributed by atoms with Crippen molar-refractivity contribution in [2.45, 2.75) is 38.8 Å². The lowest BCUT2D eigenvalue weighted by atomic mass is 9.92. The molecule has 0 bridgehead atoms. The van der Waals surface area contributed by atoms with Gasteiger partial charge in [0.2, 0.25) is 0 Å². The van der Waals surface area contributed by atoms with Gasteiger partial charge in [-0.25, -0.2) is 9.59 Å². The second-order valence-electron chi connectivity index (χ2n) is 6.47. The Kier molecular flexibility index (Phi) is 7.42. The van der Waals surface area contributed by atoms with Crippen molar-refractivity contribution in [3.8, 4) is 0 Å². The van der Waals surface area contributed by atoms with Gasteiger partial charge in [0, 0.05) is 0 Å². The van der Waals surface area contributed by atoms with E-state index in [2.05, 4.69) is 5.32 Å². The first-order chi connectivity index (χ1) is 11.7. The molecule has 1 N–H and O–H groups in total. The summed E-state index contributed by atoms with van der Waals surface area (Å²) in [5, 5.41) is 2.42. The molecule has 2 atom stereocenters. The molecule has 0 fully saturated rings. The van der Waals surface area contributed by atoms with Crippen molar-refractivity contribution in [1.29, 1.82) is 0 Å². The van der Waals surface area contributed by atoms with Gasteiger partial charge in [0.15, 0.2) is 0 Å². The molecular weight excluding hydrogens is 326 g/mol. The lowest BCUT2D eigenvalue weighted by molar-refractivity contribution is -0.154. The number of nitrogens with one attached hydrogen (secondary N) is 1. The average Bonchev–Trinajstić information content (AvgIpc) is 2.55. The first kappa shape index (κ1) is 20.5. The molecule has 1 rings (SSSR count). The number of carbonyl (C=O) groups is 3. The summed E-state index contributed by atoms with van der Waals surface area (Å²) < 4.78 is 14.7. The van der Waals surface area contributed by atoms with Crippen LogP contribution in [0.2, 0.25) is 0 Å². The summed E-state index contributed by atoms with van der Waals surface area (Å²) in [6, 6.07) is 7.88. The number of hydrogen-bond acceptors (Lipinski definition) is 6. The normalized spacial score (nSPS) is 13.3. The SMILES string of the molecule is COC(=O)[C@@H](NC(=O)OC(C)(C)C)[C@@H](Cc1ccccc1)C(=O)OC. The maximum absolute atomic E-state index is 12.2. The second kappa shape index (κ2) is 9.05. The predicted octanol–water partition coefficient (Wildman–Crippen LogP) is 2.08. The largest absolute Gasteiger partial charge is 0.469 e. The molecule has 138 valence electrons. The number of hydrogen-bond donors (Lipinski definition) is 1. The fourth-order valence-electron chi connectivity index (χ4n) is 2.24. The molecule has 1 aromatic rings. The van der Waals surface area contributed by atoms with Crippen LogP contribution in [0, 0.1) is 5.92 Å². The van der Waals surface area contributed by atoms with E-state index in [4.69, 9.17) is 14.2 Å². The van der Waals surface area contributed by atoms with Crippen LogP contribution in [0.5, 0.6) is 0 Å². The zero-order valence-electron chi connectivity index (χ0n) is 15.2. The van der Waals surface area contributed by atoms with Crippen molar-refractivity contribution in [3.05, 3.63) is 35.9 Å². The molecule has 0 radical (unpaired) electrons. The van der Waals surface area contributed by atoms with Crippen LogP contribution in [-0.2, 0) is 30.2 Å². The Morgan fingerprint density at radius 3 is 2.04 bits per heavy atom. The minimum atomic E-state index is -1.23. The zero-order valence-corrected chi connectivity index (χ0v) is 15.2. The van der Waals surface area contributed by atoms with Crippen LogP contribution in [-0.4, -0.2) is 43.9 Å². The average molecular weight is 351 g/mol. The molecule has 0 aliphatic carbocycles. The molecule has 0 unspecified atom stereocenters. The molecule has 25 heavy (non-hydrogen) atoms. The summed E-state index contributed by atoms with van der Waals surface area (Å²) in [5.41, 5.74) is 0.0723. The van der Waals surface area contributed by atoms with E-state index in [0.29, 0.717) is 0 Å². The predicted molar refractivity (Wildman–Crippen MR) is 90.8 cm³/mol. The lowest BCUT2D eigenvalue weighted by Crippen LogP contribution is -2.51. The minimum absolute atomic E-state index is 0.197. The van der Waals surface area contributed by atoms with Crippen LogP contribution in [0.3, 0.4) is 0 Å². The van der Waals surface area contributed by atoms with Crippen molar-refractivity contribution in [2.75, 3.05) is 14.2 Å². The van der Waals surface area contributed by atoms with Crippen molar-refractivity contribution in [2.24, 2.45) is 5.92 Å². The maximum atomic E-state index is 12.2. The van der Waals surface area contributed by atoms with E-state index in [1.54, 1.807) is 20.8 Å². The fraction of sp³-hybridized carbons (Fsp3) is 0.500. The highest BCUT2D eigenvalue weighted by molar-refractivity contribution is 5.88. The third-order valence-electron chi connectivity index (χ3n) is 3.33. The Morgan fingerprint density at radius 2 is 1.56 bits per heavy atom. The van der Waals surface area contributed by atoms with E-state index in [1.807, 2.05) is 30.3 Å². The third-order valence-corrected chi connectivity index (χ3v) is 3.33. The van der Waals surface area contributed by atoms with Crippen LogP contribution < -0.4 is 5.32 Å². The van der Waals surface area contributed by atoms with Gasteiger partial charge in [-0.15, -0.1) is 0 Å². The number of amides is 1. The highest BCUT2D eigenvalue weighted by atomic mass is 16.6. The highest BCUT2D eigenvalue weighted by Gasteiger charge is 2.37. The lowest BCUT2D eigenvalue weighted by Gasteiger charge is -2.26. The Morgan fingerprint density at radius 1 is 1.00 bits per heavy atom. The van der Waals surface area contributed by atoms with Gasteiger partial charge < -0.3 is 19.5 Å². The highest BCUT2D eigenvalue weighted by Crippen LogP contribution is 2.17. The molecule has 7 heteroatoms. The monoisotopic (exact) mass is 351 g/mol. The smallest absolute Gasteiger partial charge is 0.408 e. The van der Waals surface area contributed by atoms with Gasteiger partial charge in [-0.2, -0.15) is 0 Å². The molecule has 0 saturated heterocycles. The van der Waals surface area contributed by atoms with Gasteiger partial charge >= 0.3 is 18.0 Å². The zero-order chi connectivity index (χ0) is 19.0. The molecule has 0 aromatic heterocycles. The molecule has 0 spiro atoms. The summed E-state index contributed by atoms with van der Waals surface area (Å²) >= 11 is 0. The topological polar surface area (TPSA) is 90.9 Å². The van der Waals surface area contributed by atoms with Gasteiger partial charge in [-0.05, 0) is 32.8 Å². The van der Waals surface area contributed by atoms with Gasteiger partial charge in [-0.3, -0.25) is 4.79 Å². The van der Waals surface area contributed by atoms with Gasteiger partial charge in [0.1, 0.15) is 11.6 Å². The van der Waals surface area contributed by atoms with Gasteiger partial charge in [0.25, 0.3) is 0 Å². The number of esters is 2. The van der Waals surface area contributed by atoms with Crippen LogP contribution in [0.4, 0.5) is 4.79 Å². The maximum Gasteiger partial charge on any atom is 0.408 e. The summed E-state index contributed by atoms with van der Waals surface area (Å²) in [6.45, 7) is 5.09. The summed E-state index contributed by atoms with van der Waals surface area (Å²) in [4.78, 5) is 36.5. The number of carbonyl (C=O) groups excluding carboxylic acids is 3. The van der Waals surface area contributed by atoms with Crippen molar-refractivity contribution < 1.29 is 28.6 Å². The van der Waals surface area contributed by atoms with Gasteiger partial charge in [0.05, 0.1) is 20.1 Å². The molecule has 0 saturated carbocycles. The molecular formula is C18H25NO6. The Bertz CT molecular complexity index is 593. The van der Waals surface area contributed by atoms with E-state index in [0.717, 1.165) is 5.56 Å². The molecule has 0 aliphatic heterocycles. The Labute approximate surface area is 147 Å². The second-order valence-corrected chi connectivity index (χ2v) is 6.47. The Balaban J connectivity index is 3.06. The quantitative estimate of drug-likeness (QED) is 0.623. The first-order valence-corrected chi connectivity index (χ1v) is 7.87. The molecule has 1 aromatic carbocycles. The molecule has 0 aliphatic rings. The van der Waals surface area contributed by atoms with E-state index in [9.17, 15) is 14.4 Å². The van der Waals surface area contributed by atoms with E-state index in [1.165, 1.54) is 14.2 Å². The van der Waals surface area contributed by atoms with Gasteiger partial charge in [-0.1, -0.05) is 30.3 Å². The number of rotatable bonds is 6. The number of alkyl carbamates (subject to hydrolysis) is 1. The van der Waals surface area contributed by atoms with Crippen molar-refractivity contribution >= 4 is 18.0 Å². The molecule has 0 heterocycles. The third kappa shape index (κ3) is 6.82. The minimum Gasteiger partial charge on any atom is -0.469 e. The van der Waals surface area contributed by atoms with Crippen LogP contribution in [0.25, 0.3) is 0 Å². The van der Waals surface area contributed by atoms with Crippen LogP contribution in [0.15, 0.2) is 30.3 Å². The summed E-state index contributed by atoms with van der Waals surface area (Å²) in [5.74, 6) is -2.33. The standard InChI is InChI=1S/C18H25NO6/c1-18(2,3)25-17(22)19-14(16(21)24-5)13(15(20)23-4)11-12-9-7-6-8-10-12/h6-10,13-14H,11H2,1-5H3,(H,19,22)/t13-,14+/m1/s1. The van der Waals surface area contributed by atoms with Crippen LogP contribution >= 0.6 is 0 Å². The van der Waals surface area contributed by atoms with E-state index in [-0.39, 0.29) is 6.42 Å². The van der Waals surface area contributed by atoms with Crippen LogP contribution in [0.1, 0.15) is 26.3 Å². The first-order valence-electron chi connectivity index (χ1n) is 7.87. The van der Waals surface area contributed by atoms with E-state index >= 15 is 0 Å². The summed E-state index contributed by atoms with van der Waals surface area (Å²) in [7, 11) is 2.41. The number of benzene rings is 1. The number of methoxy groups -OCH3 is 2. The van der Waals surface area contributed by atoms with Crippen molar-refractivity contribution in [3.63, 3.8) is 0 Å². The molecule has 1 amide bonds. The molecule has 7 nitrogen and oxygen atoms in total. The fourth-order valence-corrected chi connectivity index (χ4v) is 2.24. The van der Waals surface area contributed by atoms with E-state index < -0.39 is 35.6 Å². The number of ether oxygens (including phenoxy) is 3. The Hall–Kier alpha value is -2.57. The van der Waals surface area contributed by atoms with Crippen molar-refractivity contribution in [1.82, 2.24) is 5.32 Å².